The summed E-state index contributed by atoms with van der Waals surface area (Å²) in [7, 11) is 0. The number of Topliss-reactive ketones (excluding diaryl/α,β-unsaturated/α-hetero) is 1. The molecule has 0 radical (unpaired) electrons. The number of carbonyl (C=O) groups is 1. The van der Waals surface area contributed by atoms with E-state index in [1.54, 1.807) is 0 Å². The van der Waals surface area contributed by atoms with Crippen LogP contribution in [0, 0.1) is 6.92 Å². The molecule has 0 atom stereocenters. The average Bonchev–Trinajstić information content (AvgIpc) is 2.75. The highest BCUT2D eigenvalue weighted by Crippen LogP contribution is 2.33. The number of aryl methyl sites for hydroxylation is 1. The summed E-state index contributed by atoms with van der Waals surface area (Å²) >= 11 is 0. The third-order valence-corrected chi connectivity index (χ3v) is 4.36. The van der Waals surface area contributed by atoms with Crippen molar-refractivity contribution in [3.63, 3.8) is 0 Å². The van der Waals surface area contributed by atoms with Crippen LogP contribution in [-0.2, 0) is 11.8 Å². The number of hydrogen-bond donors (Lipinski definition) is 0. The van der Waals surface area contributed by atoms with E-state index < -0.39 is 0 Å². The lowest BCUT2D eigenvalue weighted by molar-refractivity contribution is 0.0972. The molecule has 0 N–H and O–H groups in total. The Balaban J connectivity index is 2.26. The van der Waals surface area contributed by atoms with Gasteiger partial charge in [-0.2, -0.15) is 0 Å². The molecule has 0 spiro atoms. The zero-order valence-electron chi connectivity index (χ0n) is 13.4. The van der Waals surface area contributed by atoms with E-state index in [0.717, 1.165) is 24.1 Å². The predicted molar refractivity (Wildman–Crippen MR) is 86.5 cm³/mol. The molecule has 0 saturated heterocycles. The standard InChI is InChI=1S/C19H23NO/c1-13-12-14-16(10-7-11-18(14)21)20(13)17-9-6-5-8-15(17)19(2,3)4/h5-6,8-9,12H,7,10-11H2,1-4H3. The minimum Gasteiger partial charge on any atom is -0.317 e. The summed E-state index contributed by atoms with van der Waals surface area (Å²) in [6.07, 6.45) is 2.65. The van der Waals surface area contributed by atoms with Gasteiger partial charge in [0.2, 0.25) is 0 Å². The summed E-state index contributed by atoms with van der Waals surface area (Å²) in [6, 6.07) is 10.6. The fraction of sp³-hybridized carbons (Fsp3) is 0.421. The molecule has 0 fully saturated rings. The number of fused-ring (bicyclic) bond motifs is 1. The SMILES string of the molecule is Cc1cc2c(n1-c1ccccc1C(C)(C)C)CCCC2=O. The maximum atomic E-state index is 12.2. The number of nitrogens with zero attached hydrogens (tertiary/aromatic N) is 1. The van der Waals surface area contributed by atoms with E-state index in [1.165, 1.54) is 16.9 Å². The second-order valence-electron chi connectivity index (χ2n) is 7.03. The van der Waals surface area contributed by atoms with Crippen molar-refractivity contribution in [1.82, 2.24) is 4.57 Å². The highest BCUT2D eigenvalue weighted by Gasteiger charge is 2.26. The number of benzene rings is 1. The molecule has 1 aromatic heterocycles. The molecule has 21 heavy (non-hydrogen) atoms. The fourth-order valence-electron chi connectivity index (χ4n) is 3.37. The van der Waals surface area contributed by atoms with E-state index in [9.17, 15) is 4.79 Å². The van der Waals surface area contributed by atoms with Gasteiger partial charge < -0.3 is 4.57 Å². The van der Waals surface area contributed by atoms with E-state index in [4.69, 9.17) is 0 Å². The molecule has 0 amide bonds. The third kappa shape index (κ3) is 2.33. The molecule has 2 aromatic rings. The summed E-state index contributed by atoms with van der Waals surface area (Å²) in [5.41, 5.74) is 5.91. The molecule has 110 valence electrons. The Morgan fingerprint density at radius 2 is 1.81 bits per heavy atom. The lowest BCUT2D eigenvalue weighted by Crippen LogP contribution is -2.18. The molecule has 1 aliphatic rings. The molecule has 2 heteroatoms. The molecule has 1 aliphatic carbocycles. The van der Waals surface area contributed by atoms with Crippen molar-refractivity contribution in [2.75, 3.05) is 0 Å². The predicted octanol–water partition coefficient (Wildman–Crippen LogP) is 4.60. The second kappa shape index (κ2) is 4.87. The molecular weight excluding hydrogens is 258 g/mol. The van der Waals surface area contributed by atoms with Gasteiger partial charge in [0.15, 0.2) is 5.78 Å². The van der Waals surface area contributed by atoms with Gasteiger partial charge in [0.25, 0.3) is 0 Å². The van der Waals surface area contributed by atoms with Gasteiger partial charge in [-0.15, -0.1) is 0 Å². The fourth-order valence-corrected chi connectivity index (χ4v) is 3.37. The van der Waals surface area contributed by atoms with Gasteiger partial charge in [0.1, 0.15) is 0 Å². The van der Waals surface area contributed by atoms with E-state index >= 15 is 0 Å². The van der Waals surface area contributed by atoms with Crippen LogP contribution in [0.25, 0.3) is 5.69 Å². The van der Waals surface area contributed by atoms with E-state index in [0.29, 0.717) is 12.2 Å². The Morgan fingerprint density at radius 1 is 1.10 bits per heavy atom. The van der Waals surface area contributed by atoms with Crippen LogP contribution in [0.5, 0.6) is 0 Å². The number of rotatable bonds is 1. The number of aromatic nitrogens is 1. The van der Waals surface area contributed by atoms with Crippen LogP contribution < -0.4 is 0 Å². The lowest BCUT2D eigenvalue weighted by atomic mass is 9.85. The van der Waals surface area contributed by atoms with Crippen LogP contribution >= 0.6 is 0 Å². The van der Waals surface area contributed by atoms with Crippen LogP contribution in [0.1, 0.15) is 60.9 Å². The van der Waals surface area contributed by atoms with E-state index in [1.807, 2.05) is 0 Å². The number of carbonyl (C=O) groups excluding carboxylic acids is 1. The Bertz CT molecular complexity index is 701. The third-order valence-electron chi connectivity index (χ3n) is 4.36. The number of hydrogen-bond acceptors (Lipinski definition) is 1. The minimum atomic E-state index is 0.0822. The van der Waals surface area contributed by atoms with Gasteiger partial charge in [-0.25, -0.2) is 0 Å². The highest BCUT2D eigenvalue weighted by atomic mass is 16.1. The van der Waals surface area contributed by atoms with Crippen molar-refractivity contribution in [3.05, 3.63) is 52.8 Å². The van der Waals surface area contributed by atoms with Crippen LogP contribution in [0.3, 0.4) is 0 Å². The quantitative estimate of drug-likeness (QED) is 0.748. The molecule has 1 aromatic carbocycles. The Morgan fingerprint density at radius 3 is 2.52 bits per heavy atom. The Hall–Kier alpha value is -1.83. The largest absolute Gasteiger partial charge is 0.317 e. The number of ketones is 1. The monoisotopic (exact) mass is 281 g/mol. The second-order valence-corrected chi connectivity index (χ2v) is 7.03. The molecule has 0 bridgehead atoms. The summed E-state index contributed by atoms with van der Waals surface area (Å²) < 4.78 is 2.30. The van der Waals surface area contributed by atoms with Gasteiger partial charge in [0, 0.05) is 29.1 Å². The summed E-state index contributed by atoms with van der Waals surface area (Å²) in [4.78, 5) is 12.2. The molecule has 3 rings (SSSR count). The van der Waals surface area contributed by atoms with E-state index in [-0.39, 0.29) is 5.41 Å². The van der Waals surface area contributed by atoms with Gasteiger partial charge >= 0.3 is 0 Å². The average molecular weight is 281 g/mol. The molecule has 0 aliphatic heterocycles. The first-order valence-electron chi connectivity index (χ1n) is 7.74. The first-order chi connectivity index (χ1) is 9.89. The zero-order chi connectivity index (χ0) is 15.2. The molecule has 2 nitrogen and oxygen atoms in total. The molecule has 0 saturated carbocycles. The van der Waals surface area contributed by atoms with Gasteiger partial charge in [-0.1, -0.05) is 39.0 Å². The highest BCUT2D eigenvalue weighted by molar-refractivity contribution is 5.98. The maximum Gasteiger partial charge on any atom is 0.164 e. The molecule has 0 unspecified atom stereocenters. The van der Waals surface area contributed by atoms with E-state index in [2.05, 4.69) is 62.6 Å². The summed E-state index contributed by atoms with van der Waals surface area (Å²) in [5, 5.41) is 0. The lowest BCUT2D eigenvalue weighted by Gasteiger charge is -2.25. The van der Waals surface area contributed by atoms with Crippen molar-refractivity contribution >= 4 is 5.78 Å². The van der Waals surface area contributed by atoms with Gasteiger partial charge in [-0.3, -0.25) is 4.79 Å². The van der Waals surface area contributed by atoms with Crippen LogP contribution in [0.2, 0.25) is 0 Å². The van der Waals surface area contributed by atoms with Crippen molar-refractivity contribution < 1.29 is 4.79 Å². The van der Waals surface area contributed by atoms with Crippen LogP contribution in [0.4, 0.5) is 0 Å². The zero-order valence-corrected chi connectivity index (χ0v) is 13.4. The van der Waals surface area contributed by atoms with Crippen molar-refractivity contribution in [1.29, 1.82) is 0 Å². The molecule has 1 heterocycles. The smallest absolute Gasteiger partial charge is 0.164 e. The minimum absolute atomic E-state index is 0.0822. The molecular formula is C19H23NO. The van der Waals surface area contributed by atoms with Crippen molar-refractivity contribution in [2.24, 2.45) is 0 Å². The van der Waals surface area contributed by atoms with Gasteiger partial charge in [0.05, 0.1) is 0 Å². The maximum absolute atomic E-state index is 12.2. The Labute approximate surface area is 126 Å². The Kier molecular flexibility index (Phi) is 3.27. The summed E-state index contributed by atoms with van der Waals surface area (Å²) in [5.74, 6) is 0.298. The first-order valence-corrected chi connectivity index (χ1v) is 7.74. The van der Waals surface area contributed by atoms with Crippen LogP contribution in [0.15, 0.2) is 30.3 Å². The van der Waals surface area contributed by atoms with Crippen molar-refractivity contribution in [3.8, 4) is 5.69 Å². The van der Waals surface area contributed by atoms with Gasteiger partial charge in [-0.05, 0) is 42.9 Å². The topological polar surface area (TPSA) is 22.0 Å². The first kappa shape index (κ1) is 14.1. The van der Waals surface area contributed by atoms with Crippen molar-refractivity contribution in [2.45, 2.75) is 52.4 Å². The summed E-state index contributed by atoms with van der Waals surface area (Å²) in [6.45, 7) is 8.82. The number of para-hydroxylation sites is 1. The normalized spacial score (nSPS) is 15.1. The van der Waals surface area contributed by atoms with Crippen LogP contribution in [-0.4, -0.2) is 10.4 Å².